The molecule has 0 aliphatic rings. The molecule has 0 aromatic carbocycles. The SMILES string of the molecule is CC[Si](CC)(CC)c1ccnc(F)c1Br. The van der Waals surface area contributed by atoms with Gasteiger partial charge in [0, 0.05) is 6.20 Å². The van der Waals surface area contributed by atoms with Crippen LogP contribution in [0, 0.1) is 5.95 Å². The van der Waals surface area contributed by atoms with Crippen LogP contribution in [0.1, 0.15) is 20.8 Å². The molecule has 0 saturated heterocycles. The minimum Gasteiger partial charge on any atom is -0.227 e. The summed E-state index contributed by atoms with van der Waals surface area (Å²) < 4.78 is 14.0. The topological polar surface area (TPSA) is 12.9 Å². The van der Waals surface area contributed by atoms with Crippen LogP contribution in [0.5, 0.6) is 0 Å². The van der Waals surface area contributed by atoms with Gasteiger partial charge >= 0.3 is 0 Å². The van der Waals surface area contributed by atoms with Crippen molar-refractivity contribution in [1.82, 2.24) is 4.98 Å². The molecule has 0 aliphatic heterocycles. The van der Waals surface area contributed by atoms with Crippen molar-refractivity contribution in [2.24, 2.45) is 0 Å². The van der Waals surface area contributed by atoms with Crippen LogP contribution >= 0.6 is 15.9 Å². The van der Waals surface area contributed by atoms with Crippen molar-refractivity contribution in [3.63, 3.8) is 0 Å². The van der Waals surface area contributed by atoms with E-state index >= 15 is 0 Å². The largest absolute Gasteiger partial charge is 0.227 e. The van der Waals surface area contributed by atoms with E-state index in [9.17, 15) is 4.39 Å². The Morgan fingerprint density at radius 1 is 1.27 bits per heavy atom. The minimum atomic E-state index is -1.50. The third-order valence-electron chi connectivity index (χ3n) is 3.45. The van der Waals surface area contributed by atoms with Crippen molar-refractivity contribution >= 4 is 29.2 Å². The van der Waals surface area contributed by atoms with Gasteiger partial charge < -0.3 is 0 Å². The molecule has 0 spiro atoms. The van der Waals surface area contributed by atoms with Crippen LogP contribution in [0.25, 0.3) is 0 Å². The molecule has 0 unspecified atom stereocenters. The van der Waals surface area contributed by atoms with E-state index in [1.165, 1.54) is 5.19 Å². The summed E-state index contributed by atoms with van der Waals surface area (Å²) in [5.74, 6) is -0.375. The van der Waals surface area contributed by atoms with Crippen LogP contribution < -0.4 is 5.19 Å². The Hall–Kier alpha value is -0.223. The second kappa shape index (κ2) is 5.21. The summed E-state index contributed by atoms with van der Waals surface area (Å²) >= 11 is 3.34. The molecule has 1 aromatic rings. The van der Waals surface area contributed by atoms with Gasteiger partial charge in [0.15, 0.2) is 0 Å². The molecule has 15 heavy (non-hydrogen) atoms. The lowest BCUT2D eigenvalue weighted by Crippen LogP contribution is -2.46. The van der Waals surface area contributed by atoms with Crippen molar-refractivity contribution in [3.05, 3.63) is 22.7 Å². The number of hydrogen-bond acceptors (Lipinski definition) is 1. The second-order valence-electron chi connectivity index (χ2n) is 3.80. The maximum atomic E-state index is 13.4. The number of hydrogen-bond donors (Lipinski definition) is 0. The van der Waals surface area contributed by atoms with Gasteiger partial charge in [0.2, 0.25) is 5.95 Å². The van der Waals surface area contributed by atoms with E-state index in [4.69, 9.17) is 0 Å². The van der Waals surface area contributed by atoms with Gasteiger partial charge in [0.05, 0.1) is 12.5 Å². The predicted octanol–water partition coefficient (Wildman–Crippen LogP) is 3.70. The number of nitrogens with zero attached hydrogens (tertiary/aromatic N) is 1. The Bertz CT molecular complexity index is 331. The lowest BCUT2D eigenvalue weighted by molar-refractivity contribution is 0.578. The summed E-state index contributed by atoms with van der Waals surface area (Å²) in [4.78, 5) is 3.66. The van der Waals surface area contributed by atoms with Gasteiger partial charge in [-0.25, -0.2) is 4.98 Å². The van der Waals surface area contributed by atoms with E-state index in [1.807, 2.05) is 6.07 Å². The molecule has 84 valence electrons. The zero-order valence-electron chi connectivity index (χ0n) is 9.48. The minimum absolute atomic E-state index is 0.375. The molecule has 4 heteroatoms. The smallest absolute Gasteiger partial charge is 0.227 e. The lowest BCUT2D eigenvalue weighted by atomic mass is 10.5. The third kappa shape index (κ3) is 2.31. The molecule has 0 saturated carbocycles. The average molecular weight is 290 g/mol. The first kappa shape index (κ1) is 12.8. The van der Waals surface area contributed by atoms with Gasteiger partial charge in [-0.05, 0) is 27.2 Å². The first-order valence-corrected chi connectivity index (χ1v) is 8.83. The summed E-state index contributed by atoms with van der Waals surface area (Å²) in [7, 11) is -1.50. The number of aromatic nitrogens is 1. The van der Waals surface area contributed by atoms with Crippen molar-refractivity contribution in [1.29, 1.82) is 0 Å². The van der Waals surface area contributed by atoms with Crippen molar-refractivity contribution < 1.29 is 4.39 Å². The molecule has 0 aliphatic carbocycles. The maximum absolute atomic E-state index is 13.4. The fourth-order valence-electron chi connectivity index (χ4n) is 2.15. The predicted molar refractivity (Wildman–Crippen MR) is 68.7 cm³/mol. The summed E-state index contributed by atoms with van der Waals surface area (Å²) in [5.41, 5.74) is 0. The Morgan fingerprint density at radius 3 is 2.27 bits per heavy atom. The normalized spacial score (nSPS) is 11.8. The highest BCUT2D eigenvalue weighted by Crippen LogP contribution is 2.24. The maximum Gasteiger partial charge on any atom is 0.227 e. The monoisotopic (exact) mass is 289 g/mol. The van der Waals surface area contributed by atoms with Gasteiger partial charge in [-0.2, -0.15) is 4.39 Å². The molecule has 0 N–H and O–H groups in total. The molecule has 1 rings (SSSR count). The first-order valence-electron chi connectivity index (χ1n) is 5.41. The Labute approximate surface area is 100 Å². The number of pyridine rings is 1. The van der Waals surface area contributed by atoms with E-state index in [-0.39, 0.29) is 5.95 Å². The molecule has 1 heterocycles. The molecule has 0 radical (unpaired) electrons. The molecule has 0 bridgehead atoms. The van der Waals surface area contributed by atoms with Crippen LogP contribution in [0.2, 0.25) is 18.1 Å². The van der Waals surface area contributed by atoms with Gasteiger partial charge in [-0.3, -0.25) is 0 Å². The summed E-state index contributed by atoms with van der Waals surface area (Å²) in [6, 6.07) is 5.45. The summed E-state index contributed by atoms with van der Waals surface area (Å²) in [6.07, 6.45) is 1.58. The van der Waals surface area contributed by atoms with Crippen LogP contribution in [-0.4, -0.2) is 13.1 Å². The molecule has 0 fully saturated rings. The van der Waals surface area contributed by atoms with E-state index in [0.29, 0.717) is 4.47 Å². The molecule has 0 atom stereocenters. The molecular formula is C11H17BrFNSi. The Balaban J connectivity index is 3.28. The van der Waals surface area contributed by atoms with E-state index in [0.717, 1.165) is 18.1 Å². The first-order chi connectivity index (χ1) is 7.11. The molecule has 0 amide bonds. The quantitative estimate of drug-likeness (QED) is 0.608. The van der Waals surface area contributed by atoms with Crippen LogP contribution in [0.4, 0.5) is 4.39 Å². The van der Waals surface area contributed by atoms with Gasteiger partial charge in [0.1, 0.15) is 0 Å². The Kier molecular flexibility index (Phi) is 4.46. The van der Waals surface area contributed by atoms with Gasteiger partial charge in [-0.1, -0.05) is 38.9 Å². The highest BCUT2D eigenvalue weighted by molar-refractivity contribution is 9.10. The Morgan fingerprint density at radius 2 is 1.80 bits per heavy atom. The zero-order chi connectivity index (χ0) is 11.5. The molecule has 1 nitrogen and oxygen atoms in total. The van der Waals surface area contributed by atoms with Crippen molar-refractivity contribution in [2.75, 3.05) is 0 Å². The zero-order valence-corrected chi connectivity index (χ0v) is 12.1. The fourth-order valence-corrected chi connectivity index (χ4v) is 7.28. The summed E-state index contributed by atoms with van der Waals surface area (Å²) in [6.45, 7) is 6.64. The molecule has 1 aromatic heterocycles. The van der Waals surface area contributed by atoms with Crippen LogP contribution in [0.15, 0.2) is 16.7 Å². The highest BCUT2D eigenvalue weighted by atomic mass is 79.9. The fraction of sp³-hybridized carbons (Fsp3) is 0.545. The number of rotatable bonds is 4. The van der Waals surface area contributed by atoms with Crippen LogP contribution in [-0.2, 0) is 0 Å². The lowest BCUT2D eigenvalue weighted by Gasteiger charge is -2.29. The standard InChI is InChI=1S/C11H17BrFNSi/c1-4-15(5-2,6-3)9-7-8-14-11(13)10(9)12/h7-8H,4-6H2,1-3H3. The third-order valence-corrected chi connectivity index (χ3v) is 10.2. The van der Waals surface area contributed by atoms with E-state index < -0.39 is 8.07 Å². The van der Waals surface area contributed by atoms with Crippen LogP contribution in [0.3, 0.4) is 0 Å². The number of halogens is 2. The van der Waals surface area contributed by atoms with E-state index in [2.05, 4.69) is 41.7 Å². The average Bonchev–Trinajstić information content (AvgIpc) is 2.27. The van der Waals surface area contributed by atoms with Gasteiger partial charge in [-0.15, -0.1) is 0 Å². The van der Waals surface area contributed by atoms with Gasteiger partial charge in [0.25, 0.3) is 0 Å². The second-order valence-corrected chi connectivity index (χ2v) is 9.82. The van der Waals surface area contributed by atoms with Crippen molar-refractivity contribution in [3.8, 4) is 0 Å². The van der Waals surface area contributed by atoms with Crippen molar-refractivity contribution in [2.45, 2.75) is 38.9 Å². The summed E-state index contributed by atoms with van der Waals surface area (Å²) in [5, 5.41) is 1.18. The van der Waals surface area contributed by atoms with E-state index in [1.54, 1.807) is 6.20 Å². The highest BCUT2D eigenvalue weighted by Gasteiger charge is 2.31. The molecular weight excluding hydrogens is 273 g/mol.